The van der Waals surface area contributed by atoms with Crippen LogP contribution in [0.4, 0.5) is 11.4 Å². The van der Waals surface area contributed by atoms with Crippen molar-refractivity contribution in [3.63, 3.8) is 0 Å². The fourth-order valence-electron chi connectivity index (χ4n) is 2.86. The normalized spacial score (nSPS) is 10.5. The summed E-state index contributed by atoms with van der Waals surface area (Å²) in [5, 5.41) is 16.4. The van der Waals surface area contributed by atoms with E-state index in [4.69, 9.17) is 4.74 Å². The number of ether oxygens (including phenoxy) is 1. The van der Waals surface area contributed by atoms with Crippen LogP contribution in [0, 0.1) is 0 Å². The Labute approximate surface area is 179 Å². The lowest BCUT2D eigenvalue weighted by molar-refractivity contribution is -0.254. The van der Waals surface area contributed by atoms with Crippen molar-refractivity contribution in [2.45, 2.75) is 0 Å². The van der Waals surface area contributed by atoms with Crippen LogP contribution in [0.2, 0.25) is 0 Å². The number of carboxylic acid groups (broad SMARTS) is 1. The van der Waals surface area contributed by atoms with Crippen molar-refractivity contribution in [1.29, 1.82) is 0 Å². The van der Waals surface area contributed by atoms with Gasteiger partial charge in [-0.3, -0.25) is 9.59 Å². The van der Waals surface area contributed by atoms with E-state index in [0.29, 0.717) is 11.4 Å². The average Bonchev–Trinajstić information content (AvgIpc) is 2.78. The molecule has 2 amide bonds. The van der Waals surface area contributed by atoms with Crippen LogP contribution in [0.1, 0.15) is 26.3 Å². The molecule has 0 unspecified atom stereocenters. The lowest BCUT2D eigenvalue weighted by Crippen LogP contribution is -2.24. The molecule has 0 saturated carbocycles. The Morgan fingerprint density at radius 3 is 2.42 bits per heavy atom. The zero-order valence-electron chi connectivity index (χ0n) is 16.6. The molecule has 0 heterocycles. The van der Waals surface area contributed by atoms with Crippen molar-refractivity contribution in [3.05, 3.63) is 95.6 Å². The third kappa shape index (κ3) is 5.57. The van der Waals surface area contributed by atoms with Crippen molar-refractivity contribution in [2.24, 2.45) is 0 Å². The predicted octanol–water partition coefficient (Wildman–Crippen LogP) is 2.96. The van der Waals surface area contributed by atoms with E-state index in [1.54, 1.807) is 43.5 Å². The highest BCUT2D eigenvalue weighted by atomic mass is 16.5. The molecule has 2 N–H and O–H groups in total. The van der Waals surface area contributed by atoms with Crippen LogP contribution in [-0.2, 0) is 4.79 Å². The van der Waals surface area contributed by atoms with Crippen molar-refractivity contribution in [2.75, 3.05) is 17.7 Å². The standard InChI is InChI=1S/C24H20N2O5/c1-31-21-12-5-2-7-16(21)13-14-22(27)25-18-9-6-8-17(15-18)23(28)26-20-11-4-3-10-19(20)24(29)30/h2-15H,1H3,(H,25,27)(H,26,28)(H,29,30)/p-1/b14-13+. The number of carbonyl (C=O) groups is 3. The number of anilines is 2. The molecule has 7 nitrogen and oxygen atoms in total. The lowest BCUT2D eigenvalue weighted by atomic mass is 10.1. The molecule has 0 spiro atoms. The van der Waals surface area contributed by atoms with Crippen LogP contribution in [0.5, 0.6) is 5.75 Å². The van der Waals surface area contributed by atoms with Crippen LogP contribution in [0.25, 0.3) is 6.08 Å². The number of hydrogen-bond donors (Lipinski definition) is 2. The first-order valence-electron chi connectivity index (χ1n) is 9.32. The molecule has 31 heavy (non-hydrogen) atoms. The van der Waals surface area contributed by atoms with Gasteiger partial charge in [0.2, 0.25) is 5.91 Å². The highest BCUT2D eigenvalue weighted by Gasteiger charge is 2.10. The summed E-state index contributed by atoms with van der Waals surface area (Å²) in [6, 6.07) is 19.5. The molecule has 0 aliphatic heterocycles. The zero-order valence-corrected chi connectivity index (χ0v) is 16.6. The third-order valence-corrected chi connectivity index (χ3v) is 4.34. The van der Waals surface area contributed by atoms with Gasteiger partial charge in [-0.2, -0.15) is 0 Å². The predicted molar refractivity (Wildman–Crippen MR) is 116 cm³/mol. The Morgan fingerprint density at radius 1 is 0.903 bits per heavy atom. The number of aromatic carboxylic acids is 1. The van der Waals surface area contributed by atoms with Gasteiger partial charge in [0.15, 0.2) is 0 Å². The Bertz CT molecular complexity index is 1150. The molecule has 156 valence electrons. The molecule has 0 bridgehead atoms. The van der Waals surface area contributed by atoms with Gasteiger partial charge in [0.05, 0.1) is 18.8 Å². The summed E-state index contributed by atoms with van der Waals surface area (Å²) in [6.07, 6.45) is 2.99. The number of rotatable bonds is 7. The first-order valence-corrected chi connectivity index (χ1v) is 9.32. The van der Waals surface area contributed by atoms with Crippen molar-refractivity contribution >= 4 is 35.2 Å². The van der Waals surface area contributed by atoms with Gasteiger partial charge in [-0.15, -0.1) is 0 Å². The maximum atomic E-state index is 12.5. The number of para-hydroxylation sites is 2. The highest BCUT2D eigenvalue weighted by Crippen LogP contribution is 2.19. The van der Waals surface area contributed by atoms with Crippen LogP contribution < -0.4 is 20.5 Å². The van der Waals surface area contributed by atoms with Gasteiger partial charge in [0, 0.05) is 28.5 Å². The maximum absolute atomic E-state index is 12.5. The zero-order chi connectivity index (χ0) is 22.2. The molecular weight excluding hydrogens is 396 g/mol. The third-order valence-electron chi connectivity index (χ3n) is 4.34. The molecule has 0 saturated heterocycles. The van der Waals surface area contributed by atoms with E-state index in [9.17, 15) is 19.5 Å². The van der Waals surface area contributed by atoms with E-state index in [0.717, 1.165) is 5.56 Å². The second-order valence-electron chi connectivity index (χ2n) is 6.43. The molecule has 0 aliphatic rings. The van der Waals surface area contributed by atoms with Crippen molar-refractivity contribution < 1.29 is 24.2 Å². The number of carboxylic acids is 1. The summed E-state index contributed by atoms with van der Waals surface area (Å²) in [5.74, 6) is -1.65. The minimum atomic E-state index is -1.39. The quantitative estimate of drug-likeness (QED) is 0.577. The molecule has 0 aromatic heterocycles. The SMILES string of the molecule is COc1ccccc1/C=C/C(=O)Nc1cccc(C(=O)Nc2ccccc2C(=O)[O-])c1. The van der Waals surface area contributed by atoms with E-state index in [-0.39, 0.29) is 22.7 Å². The first-order chi connectivity index (χ1) is 15.0. The summed E-state index contributed by atoms with van der Waals surface area (Å²) in [5.41, 5.74) is 1.42. The fraction of sp³-hybridized carbons (Fsp3) is 0.0417. The number of nitrogens with one attached hydrogen (secondary N) is 2. The van der Waals surface area contributed by atoms with Gasteiger partial charge in [0.1, 0.15) is 5.75 Å². The second kappa shape index (κ2) is 9.89. The summed E-state index contributed by atoms with van der Waals surface area (Å²) < 4.78 is 5.24. The Balaban J connectivity index is 1.70. The smallest absolute Gasteiger partial charge is 0.255 e. The minimum Gasteiger partial charge on any atom is -0.545 e. The van der Waals surface area contributed by atoms with E-state index in [1.165, 1.54) is 30.3 Å². The first kappa shape index (κ1) is 21.3. The topological polar surface area (TPSA) is 108 Å². The van der Waals surface area contributed by atoms with Crippen LogP contribution in [-0.4, -0.2) is 24.9 Å². The Morgan fingerprint density at radius 2 is 1.65 bits per heavy atom. The van der Waals surface area contributed by atoms with Gasteiger partial charge in [-0.05, 0) is 36.4 Å². The number of benzene rings is 3. The molecule has 7 heteroatoms. The molecule has 0 atom stereocenters. The van der Waals surface area contributed by atoms with Gasteiger partial charge < -0.3 is 25.3 Å². The van der Waals surface area contributed by atoms with Gasteiger partial charge in [-0.25, -0.2) is 0 Å². The van der Waals surface area contributed by atoms with E-state index in [2.05, 4.69) is 10.6 Å². The summed E-state index contributed by atoms with van der Waals surface area (Å²) in [6.45, 7) is 0. The minimum absolute atomic E-state index is 0.123. The molecular formula is C24H19N2O5-. The Hall–Kier alpha value is -4.39. The highest BCUT2D eigenvalue weighted by molar-refractivity contribution is 6.08. The summed E-state index contributed by atoms with van der Waals surface area (Å²) >= 11 is 0. The molecule has 0 aliphatic carbocycles. The summed E-state index contributed by atoms with van der Waals surface area (Å²) in [4.78, 5) is 36.0. The van der Waals surface area contributed by atoms with Gasteiger partial charge >= 0.3 is 0 Å². The average molecular weight is 415 g/mol. The number of amides is 2. The molecule has 3 aromatic rings. The van der Waals surface area contributed by atoms with E-state index >= 15 is 0 Å². The van der Waals surface area contributed by atoms with E-state index < -0.39 is 11.9 Å². The van der Waals surface area contributed by atoms with E-state index in [1.807, 2.05) is 18.2 Å². The number of hydrogen-bond acceptors (Lipinski definition) is 5. The largest absolute Gasteiger partial charge is 0.545 e. The number of carbonyl (C=O) groups excluding carboxylic acids is 3. The second-order valence-corrected chi connectivity index (χ2v) is 6.43. The monoisotopic (exact) mass is 415 g/mol. The van der Waals surface area contributed by atoms with Crippen molar-refractivity contribution in [3.8, 4) is 5.75 Å². The van der Waals surface area contributed by atoms with Crippen LogP contribution >= 0.6 is 0 Å². The maximum Gasteiger partial charge on any atom is 0.255 e. The Kier molecular flexibility index (Phi) is 6.80. The van der Waals surface area contributed by atoms with Gasteiger partial charge in [0.25, 0.3) is 5.91 Å². The molecule has 3 rings (SSSR count). The van der Waals surface area contributed by atoms with Crippen molar-refractivity contribution in [1.82, 2.24) is 0 Å². The van der Waals surface area contributed by atoms with Crippen LogP contribution in [0.15, 0.2) is 78.9 Å². The fourth-order valence-corrected chi connectivity index (χ4v) is 2.86. The molecule has 0 radical (unpaired) electrons. The lowest BCUT2D eigenvalue weighted by Gasteiger charge is -2.12. The molecule has 0 fully saturated rings. The van der Waals surface area contributed by atoms with Gasteiger partial charge in [-0.1, -0.05) is 42.5 Å². The van der Waals surface area contributed by atoms with Crippen LogP contribution in [0.3, 0.4) is 0 Å². The molecule has 3 aromatic carbocycles. The summed E-state index contributed by atoms with van der Waals surface area (Å²) in [7, 11) is 1.55. The number of methoxy groups -OCH3 is 1.